The van der Waals surface area contributed by atoms with E-state index in [1.54, 1.807) is 0 Å². The summed E-state index contributed by atoms with van der Waals surface area (Å²) in [5, 5.41) is 2.40. The van der Waals surface area contributed by atoms with Crippen molar-refractivity contribution in [1.29, 1.82) is 0 Å². The Labute approximate surface area is 484 Å². The van der Waals surface area contributed by atoms with Crippen LogP contribution in [0.25, 0.3) is 72.0 Å². The fourth-order valence-corrected chi connectivity index (χ4v) is 13.4. The minimum absolute atomic E-state index is 0.140. The summed E-state index contributed by atoms with van der Waals surface area (Å²) in [4.78, 5) is 7.51. The molecule has 5 heteroatoms. The molecule has 0 radical (unpaired) electrons. The Balaban J connectivity index is 1.00. The lowest BCUT2D eigenvalue weighted by molar-refractivity contribution is 1.18. The molecule has 0 saturated carbocycles. The van der Waals surface area contributed by atoms with Gasteiger partial charge in [-0.05, 0) is 135 Å². The third-order valence-corrected chi connectivity index (χ3v) is 16.9. The molecule has 4 nitrogen and oxygen atoms in total. The van der Waals surface area contributed by atoms with Gasteiger partial charge >= 0.3 is 0 Å². The van der Waals surface area contributed by atoms with Crippen molar-refractivity contribution in [3.8, 4) is 50.2 Å². The molecule has 0 amide bonds. The van der Waals surface area contributed by atoms with Crippen LogP contribution in [0.5, 0.6) is 0 Å². The maximum absolute atomic E-state index is 2.60. The Kier molecular flexibility index (Phi) is 11.6. The van der Waals surface area contributed by atoms with Crippen molar-refractivity contribution in [2.45, 2.75) is 0 Å². The van der Waals surface area contributed by atoms with Crippen molar-refractivity contribution in [1.82, 2.24) is 4.57 Å². The van der Waals surface area contributed by atoms with Crippen LogP contribution in [-0.2, 0) is 0 Å². The van der Waals surface area contributed by atoms with E-state index in [0.29, 0.717) is 0 Å². The highest BCUT2D eigenvalue weighted by Gasteiger charge is 2.45. The number of rotatable bonds is 10. The largest absolute Gasteiger partial charge is 0.311 e. The van der Waals surface area contributed by atoms with Crippen LogP contribution >= 0.6 is 0 Å². The van der Waals surface area contributed by atoms with Gasteiger partial charge in [0.1, 0.15) is 0 Å². The number of nitrogens with zero attached hydrogens (tertiary/aromatic N) is 4. The summed E-state index contributed by atoms with van der Waals surface area (Å²) < 4.78 is 2.56. The Bertz CT molecular complexity index is 4620. The molecule has 388 valence electrons. The average molecular weight is 1060 g/mol. The van der Waals surface area contributed by atoms with Gasteiger partial charge in [0.25, 0.3) is 6.71 Å². The molecule has 0 atom stereocenters. The number of anilines is 9. The van der Waals surface area contributed by atoms with Gasteiger partial charge in [-0.3, -0.25) is 0 Å². The Morgan fingerprint density at radius 1 is 0.277 bits per heavy atom. The quantitative estimate of drug-likeness (QED) is 0.127. The second-order valence-corrected chi connectivity index (χ2v) is 21.6. The normalized spacial score (nSPS) is 12.3. The molecule has 0 fully saturated rings. The van der Waals surface area contributed by atoms with Crippen LogP contribution < -0.4 is 31.1 Å². The van der Waals surface area contributed by atoms with Crippen molar-refractivity contribution in [3.63, 3.8) is 0 Å². The zero-order valence-electron chi connectivity index (χ0n) is 45.5. The van der Waals surface area contributed by atoms with E-state index in [2.05, 4.69) is 341 Å². The highest BCUT2D eigenvalue weighted by atomic mass is 15.2. The first-order valence-electron chi connectivity index (χ1n) is 28.6. The van der Waals surface area contributed by atoms with Gasteiger partial charge in [0.05, 0.1) is 22.4 Å². The first-order chi connectivity index (χ1) is 41.2. The lowest BCUT2D eigenvalue weighted by Gasteiger charge is -2.44. The van der Waals surface area contributed by atoms with Crippen LogP contribution in [0, 0.1) is 0 Å². The summed E-state index contributed by atoms with van der Waals surface area (Å²) >= 11 is 0. The van der Waals surface area contributed by atoms with E-state index in [4.69, 9.17) is 0 Å². The van der Waals surface area contributed by atoms with Gasteiger partial charge in [-0.25, -0.2) is 0 Å². The lowest BCUT2D eigenvalue weighted by atomic mass is 9.33. The first kappa shape index (κ1) is 48.1. The molecular weight excluding hydrogens is 1000 g/mol. The van der Waals surface area contributed by atoms with Crippen LogP contribution in [0.3, 0.4) is 0 Å². The minimum atomic E-state index is -0.140. The standard InChI is InChI=1S/C78H53BN4/c1-7-24-54(25-8-1)56-44-46-62(47-45-56)81-72-42-23-43-73-76(72)79(68-49-48-64(53-74(68)81)80(60-33-15-5-16-34-60)61-35-17-6-18-36-61)69-50-51-71-75(78(69)82(73)63-37-21-32-59(52-63)55-26-9-2-10-27-55)67-38-19-20-41-70(67)83(71)77-65(57-28-11-3-12-29-57)39-22-40-66(77)58-30-13-4-14-31-58/h1-53H. The fourth-order valence-electron chi connectivity index (χ4n) is 13.4. The predicted octanol–water partition coefficient (Wildman–Crippen LogP) is 19.0. The van der Waals surface area contributed by atoms with E-state index in [9.17, 15) is 0 Å². The summed E-state index contributed by atoms with van der Waals surface area (Å²) in [6.07, 6.45) is 0. The van der Waals surface area contributed by atoms with Gasteiger partial charge in [-0.2, -0.15) is 0 Å². The van der Waals surface area contributed by atoms with Gasteiger partial charge in [0, 0.05) is 67.4 Å². The van der Waals surface area contributed by atoms with Crippen molar-refractivity contribution >= 4 is 96.1 Å². The van der Waals surface area contributed by atoms with Gasteiger partial charge < -0.3 is 19.3 Å². The van der Waals surface area contributed by atoms with Crippen LogP contribution in [-0.4, -0.2) is 11.3 Å². The highest BCUT2D eigenvalue weighted by Crippen LogP contribution is 2.51. The number of benzene rings is 13. The molecule has 2 aliphatic heterocycles. The molecule has 1 aromatic heterocycles. The van der Waals surface area contributed by atoms with Crippen LogP contribution in [0.15, 0.2) is 322 Å². The Hall–Kier alpha value is -10.9. The molecule has 14 aromatic rings. The molecule has 0 bridgehead atoms. The third-order valence-electron chi connectivity index (χ3n) is 16.9. The molecule has 2 aliphatic rings. The number of hydrogen-bond acceptors (Lipinski definition) is 3. The molecule has 83 heavy (non-hydrogen) atoms. The fraction of sp³-hybridized carbons (Fsp3) is 0. The van der Waals surface area contributed by atoms with E-state index < -0.39 is 0 Å². The number of aromatic nitrogens is 1. The second kappa shape index (κ2) is 20.0. The minimum Gasteiger partial charge on any atom is -0.311 e. The van der Waals surface area contributed by atoms with E-state index in [-0.39, 0.29) is 6.71 Å². The first-order valence-corrected chi connectivity index (χ1v) is 28.6. The van der Waals surface area contributed by atoms with Gasteiger partial charge in [-0.1, -0.05) is 237 Å². The van der Waals surface area contributed by atoms with Gasteiger partial charge in [0.2, 0.25) is 0 Å². The lowest BCUT2D eigenvalue weighted by Crippen LogP contribution is -2.61. The van der Waals surface area contributed by atoms with E-state index in [1.807, 2.05) is 0 Å². The van der Waals surface area contributed by atoms with E-state index in [1.165, 1.54) is 71.8 Å². The number of fused-ring (bicyclic) bond motifs is 8. The van der Waals surface area contributed by atoms with E-state index in [0.717, 1.165) is 67.8 Å². The Morgan fingerprint density at radius 3 is 1.40 bits per heavy atom. The summed E-state index contributed by atoms with van der Waals surface area (Å²) in [7, 11) is 0. The third kappa shape index (κ3) is 8.00. The molecule has 0 spiro atoms. The van der Waals surface area contributed by atoms with Crippen molar-refractivity contribution < 1.29 is 0 Å². The molecule has 13 aromatic carbocycles. The summed E-state index contributed by atoms with van der Waals surface area (Å²) in [5.74, 6) is 0. The van der Waals surface area contributed by atoms with Crippen LogP contribution in [0.1, 0.15) is 0 Å². The maximum Gasteiger partial charge on any atom is 0.252 e. The maximum atomic E-state index is 2.60. The zero-order chi connectivity index (χ0) is 54.8. The number of para-hydroxylation sites is 4. The highest BCUT2D eigenvalue weighted by molar-refractivity contribution is 7.00. The molecule has 3 heterocycles. The van der Waals surface area contributed by atoms with E-state index >= 15 is 0 Å². The molecule has 0 aliphatic carbocycles. The SMILES string of the molecule is c1ccc(-c2ccc(N3c4cc(N(c5ccccc5)c5ccccc5)ccc4B4c5ccc6c(c5N(c5cccc(-c7ccccc7)c5)c5cccc3c54)c3ccccc3n6-c3c(-c4ccccc4)cccc3-c3ccccc3)cc2)cc1. The summed E-state index contributed by atoms with van der Waals surface area (Å²) in [5.41, 5.74) is 26.7. The summed E-state index contributed by atoms with van der Waals surface area (Å²) in [6, 6.07) is 118. The van der Waals surface area contributed by atoms with Crippen molar-refractivity contribution in [2.24, 2.45) is 0 Å². The topological polar surface area (TPSA) is 14.7 Å². The van der Waals surface area contributed by atoms with Crippen molar-refractivity contribution in [3.05, 3.63) is 322 Å². The van der Waals surface area contributed by atoms with Crippen LogP contribution in [0.2, 0.25) is 0 Å². The average Bonchev–Trinajstić information content (AvgIpc) is 2.09. The van der Waals surface area contributed by atoms with Gasteiger partial charge in [-0.15, -0.1) is 0 Å². The molecule has 0 saturated heterocycles. The number of hydrogen-bond donors (Lipinski definition) is 0. The van der Waals surface area contributed by atoms with Gasteiger partial charge in [0.15, 0.2) is 0 Å². The molecule has 0 unspecified atom stereocenters. The molecular formula is C78H53BN4. The monoisotopic (exact) mass is 1060 g/mol. The predicted molar refractivity (Wildman–Crippen MR) is 351 cm³/mol. The summed E-state index contributed by atoms with van der Waals surface area (Å²) in [6.45, 7) is -0.140. The smallest absolute Gasteiger partial charge is 0.252 e. The molecule has 0 N–H and O–H groups in total. The zero-order valence-corrected chi connectivity index (χ0v) is 45.5. The Morgan fingerprint density at radius 2 is 0.771 bits per heavy atom. The van der Waals surface area contributed by atoms with Crippen molar-refractivity contribution in [2.75, 3.05) is 14.7 Å². The van der Waals surface area contributed by atoms with Crippen LogP contribution in [0.4, 0.5) is 51.2 Å². The second-order valence-electron chi connectivity index (χ2n) is 21.6. The molecule has 16 rings (SSSR count).